The summed E-state index contributed by atoms with van der Waals surface area (Å²) in [5, 5.41) is 9.78. The Balaban J connectivity index is 1.57. The predicted molar refractivity (Wildman–Crippen MR) is 106 cm³/mol. The SMILES string of the molecule is O=C(CCc1ccccc1O)N1CCN(S(=O)(=O)c2cccc(Br)c2)CC1. The molecule has 8 heteroatoms. The fraction of sp³-hybridized carbons (Fsp3) is 0.316. The monoisotopic (exact) mass is 452 g/mol. The highest BCUT2D eigenvalue weighted by atomic mass is 79.9. The zero-order valence-corrected chi connectivity index (χ0v) is 17.1. The third kappa shape index (κ3) is 4.69. The van der Waals surface area contributed by atoms with Gasteiger partial charge in [-0.3, -0.25) is 4.79 Å². The highest BCUT2D eigenvalue weighted by Gasteiger charge is 2.30. The summed E-state index contributed by atoms with van der Waals surface area (Å²) in [6, 6.07) is 13.6. The van der Waals surface area contributed by atoms with Gasteiger partial charge < -0.3 is 10.0 Å². The molecular formula is C19H21BrN2O4S. The van der Waals surface area contributed by atoms with Crippen LogP contribution in [-0.4, -0.2) is 54.8 Å². The van der Waals surface area contributed by atoms with Crippen LogP contribution in [0.3, 0.4) is 0 Å². The van der Waals surface area contributed by atoms with Gasteiger partial charge in [-0.15, -0.1) is 0 Å². The molecule has 2 aromatic carbocycles. The number of rotatable bonds is 5. The van der Waals surface area contributed by atoms with E-state index in [1.54, 1.807) is 47.4 Å². The molecule has 1 aliphatic rings. The van der Waals surface area contributed by atoms with Gasteiger partial charge in [-0.25, -0.2) is 8.42 Å². The van der Waals surface area contributed by atoms with E-state index in [1.165, 1.54) is 4.31 Å². The summed E-state index contributed by atoms with van der Waals surface area (Å²) in [4.78, 5) is 14.4. The molecule has 6 nitrogen and oxygen atoms in total. The summed E-state index contributed by atoms with van der Waals surface area (Å²) >= 11 is 3.30. The van der Waals surface area contributed by atoms with Crippen LogP contribution >= 0.6 is 15.9 Å². The normalized spacial score (nSPS) is 15.7. The number of phenols is 1. The van der Waals surface area contributed by atoms with Crippen molar-refractivity contribution >= 4 is 31.9 Å². The molecule has 2 aromatic rings. The third-order valence-corrected chi connectivity index (χ3v) is 7.01. The van der Waals surface area contributed by atoms with Gasteiger partial charge in [-0.2, -0.15) is 4.31 Å². The molecule has 1 fully saturated rings. The summed E-state index contributed by atoms with van der Waals surface area (Å²) in [5.41, 5.74) is 0.738. The van der Waals surface area contributed by atoms with Gasteiger partial charge in [0, 0.05) is 37.1 Å². The Morgan fingerprint density at radius 2 is 1.74 bits per heavy atom. The molecule has 0 bridgehead atoms. The number of carbonyl (C=O) groups is 1. The number of nitrogens with zero attached hydrogens (tertiary/aromatic N) is 2. The molecule has 0 saturated carbocycles. The number of halogens is 1. The molecule has 0 aliphatic carbocycles. The van der Waals surface area contributed by atoms with Gasteiger partial charge >= 0.3 is 0 Å². The van der Waals surface area contributed by atoms with Crippen LogP contribution in [0.4, 0.5) is 0 Å². The minimum absolute atomic E-state index is 0.0299. The number of para-hydroxylation sites is 1. The Morgan fingerprint density at radius 1 is 1.04 bits per heavy atom. The standard InChI is InChI=1S/C19H21BrN2O4S/c20-16-5-3-6-17(14-16)27(25,26)22-12-10-21(11-13-22)19(24)9-8-15-4-1-2-7-18(15)23/h1-7,14,23H,8-13H2. The number of benzene rings is 2. The fourth-order valence-corrected chi connectivity index (χ4v) is 5.10. The number of amides is 1. The highest BCUT2D eigenvalue weighted by molar-refractivity contribution is 9.10. The van der Waals surface area contributed by atoms with E-state index in [0.717, 1.165) is 5.56 Å². The summed E-state index contributed by atoms with van der Waals surface area (Å²) in [6.07, 6.45) is 0.748. The number of hydrogen-bond acceptors (Lipinski definition) is 4. The number of aromatic hydroxyl groups is 1. The molecule has 144 valence electrons. The van der Waals surface area contributed by atoms with E-state index in [4.69, 9.17) is 0 Å². The van der Waals surface area contributed by atoms with Crippen molar-refractivity contribution < 1.29 is 18.3 Å². The average Bonchev–Trinajstić information content (AvgIpc) is 2.67. The smallest absolute Gasteiger partial charge is 0.243 e. The Labute approximate surface area is 167 Å². The average molecular weight is 453 g/mol. The van der Waals surface area contributed by atoms with E-state index in [1.807, 2.05) is 6.07 Å². The molecule has 1 aliphatic heterocycles. The lowest BCUT2D eigenvalue weighted by Crippen LogP contribution is -2.50. The van der Waals surface area contributed by atoms with Crippen LogP contribution in [0.25, 0.3) is 0 Å². The van der Waals surface area contributed by atoms with E-state index < -0.39 is 10.0 Å². The first-order chi connectivity index (χ1) is 12.9. The molecule has 1 N–H and O–H groups in total. The van der Waals surface area contributed by atoms with Crippen LogP contribution in [0.1, 0.15) is 12.0 Å². The van der Waals surface area contributed by atoms with Crippen molar-refractivity contribution in [1.29, 1.82) is 0 Å². The highest BCUT2D eigenvalue weighted by Crippen LogP contribution is 2.22. The maximum absolute atomic E-state index is 12.7. The second-order valence-electron chi connectivity index (χ2n) is 6.37. The molecule has 0 atom stereocenters. The molecule has 27 heavy (non-hydrogen) atoms. The maximum Gasteiger partial charge on any atom is 0.243 e. The summed E-state index contributed by atoms with van der Waals surface area (Å²) in [6.45, 7) is 1.29. The maximum atomic E-state index is 12.7. The fourth-order valence-electron chi connectivity index (χ4n) is 3.08. The van der Waals surface area contributed by atoms with Gasteiger partial charge in [0.1, 0.15) is 5.75 Å². The van der Waals surface area contributed by atoms with E-state index in [2.05, 4.69) is 15.9 Å². The molecule has 1 amide bonds. The first-order valence-corrected chi connectivity index (χ1v) is 10.9. The van der Waals surface area contributed by atoms with Crippen molar-refractivity contribution in [2.75, 3.05) is 26.2 Å². The predicted octanol–water partition coefficient (Wildman–Crippen LogP) is 2.62. The Bertz CT molecular complexity index is 925. The number of piperazine rings is 1. The van der Waals surface area contributed by atoms with Crippen LogP contribution in [-0.2, 0) is 21.2 Å². The van der Waals surface area contributed by atoms with Gasteiger partial charge in [-0.05, 0) is 36.2 Å². The van der Waals surface area contributed by atoms with Crippen molar-refractivity contribution in [3.63, 3.8) is 0 Å². The molecule has 0 radical (unpaired) electrons. The van der Waals surface area contributed by atoms with Crippen LogP contribution < -0.4 is 0 Å². The second kappa shape index (κ2) is 8.41. The lowest BCUT2D eigenvalue weighted by molar-refractivity contribution is -0.132. The molecular weight excluding hydrogens is 432 g/mol. The number of sulfonamides is 1. The van der Waals surface area contributed by atoms with Gasteiger partial charge in [0.2, 0.25) is 15.9 Å². The molecule has 0 aromatic heterocycles. The molecule has 3 rings (SSSR count). The second-order valence-corrected chi connectivity index (χ2v) is 9.22. The lowest BCUT2D eigenvalue weighted by atomic mass is 10.1. The minimum Gasteiger partial charge on any atom is -0.508 e. The number of carbonyl (C=O) groups excluding carboxylic acids is 1. The van der Waals surface area contributed by atoms with E-state index in [0.29, 0.717) is 24.0 Å². The van der Waals surface area contributed by atoms with Crippen molar-refractivity contribution in [3.05, 3.63) is 58.6 Å². The number of aryl methyl sites for hydroxylation is 1. The van der Waals surface area contributed by atoms with Gasteiger partial charge in [0.15, 0.2) is 0 Å². The van der Waals surface area contributed by atoms with E-state index in [9.17, 15) is 18.3 Å². The topological polar surface area (TPSA) is 77.9 Å². The third-order valence-electron chi connectivity index (χ3n) is 4.63. The van der Waals surface area contributed by atoms with Gasteiger partial charge in [0.05, 0.1) is 4.90 Å². The van der Waals surface area contributed by atoms with Gasteiger partial charge in [0.25, 0.3) is 0 Å². The van der Waals surface area contributed by atoms with Crippen molar-refractivity contribution in [3.8, 4) is 5.75 Å². The molecule has 0 spiro atoms. The summed E-state index contributed by atoms with van der Waals surface area (Å²) in [5.74, 6) is 0.160. The number of phenolic OH excluding ortho intramolecular Hbond substituents is 1. The molecule has 1 saturated heterocycles. The quantitative estimate of drug-likeness (QED) is 0.755. The summed E-state index contributed by atoms with van der Waals surface area (Å²) < 4.78 is 27.6. The zero-order valence-electron chi connectivity index (χ0n) is 14.7. The number of hydrogen-bond donors (Lipinski definition) is 1. The van der Waals surface area contributed by atoms with Gasteiger partial charge in [-0.1, -0.05) is 40.2 Å². The van der Waals surface area contributed by atoms with Crippen LogP contribution in [0.15, 0.2) is 57.9 Å². The molecule has 0 unspecified atom stereocenters. The largest absolute Gasteiger partial charge is 0.508 e. The lowest BCUT2D eigenvalue weighted by Gasteiger charge is -2.34. The van der Waals surface area contributed by atoms with Crippen molar-refractivity contribution in [2.24, 2.45) is 0 Å². The zero-order chi connectivity index (χ0) is 19.4. The van der Waals surface area contributed by atoms with Crippen LogP contribution in [0.5, 0.6) is 5.75 Å². The first kappa shape index (κ1) is 19.9. The Hall–Kier alpha value is -1.90. The van der Waals surface area contributed by atoms with Crippen molar-refractivity contribution in [1.82, 2.24) is 9.21 Å². The van der Waals surface area contributed by atoms with Crippen LogP contribution in [0.2, 0.25) is 0 Å². The Kier molecular flexibility index (Phi) is 6.18. The van der Waals surface area contributed by atoms with Crippen LogP contribution in [0, 0.1) is 0 Å². The summed E-state index contributed by atoms with van der Waals surface area (Å²) in [7, 11) is -3.56. The van der Waals surface area contributed by atoms with Crippen molar-refractivity contribution in [2.45, 2.75) is 17.7 Å². The molecule has 1 heterocycles. The first-order valence-electron chi connectivity index (χ1n) is 8.68. The van der Waals surface area contributed by atoms with E-state index >= 15 is 0 Å². The Morgan fingerprint density at radius 3 is 2.41 bits per heavy atom. The van der Waals surface area contributed by atoms with E-state index in [-0.39, 0.29) is 36.1 Å². The minimum atomic E-state index is -3.56.